The van der Waals surface area contributed by atoms with Crippen LogP contribution in [0.1, 0.15) is 30.8 Å². The Morgan fingerprint density at radius 2 is 2.22 bits per heavy atom. The molecule has 0 saturated carbocycles. The van der Waals surface area contributed by atoms with Gasteiger partial charge in [0.1, 0.15) is 17.0 Å². The molecule has 0 aliphatic rings. The Morgan fingerprint density at radius 3 is 2.89 bits per heavy atom. The van der Waals surface area contributed by atoms with Gasteiger partial charge in [-0.25, -0.2) is 15.0 Å². The molecule has 1 N–H and O–H groups in total. The highest BCUT2D eigenvalue weighted by Gasteiger charge is 2.11. The van der Waals surface area contributed by atoms with Gasteiger partial charge in [0, 0.05) is 17.6 Å². The maximum absolute atomic E-state index is 4.67. The van der Waals surface area contributed by atoms with Crippen LogP contribution in [0, 0.1) is 0 Å². The average Bonchev–Trinajstić information content (AvgIpc) is 2.83. The summed E-state index contributed by atoms with van der Waals surface area (Å²) in [5.74, 6) is 0. The number of aryl methyl sites for hydroxylation is 1. The van der Waals surface area contributed by atoms with Crippen molar-refractivity contribution >= 4 is 11.3 Å². The molecule has 96 valence electrons. The molecule has 0 atom stereocenters. The van der Waals surface area contributed by atoms with Crippen LogP contribution in [0.25, 0.3) is 10.7 Å². The molecule has 0 saturated heterocycles. The summed E-state index contributed by atoms with van der Waals surface area (Å²) >= 11 is 1.72. The van der Waals surface area contributed by atoms with E-state index in [1.165, 1.54) is 10.6 Å². The molecule has 2 rings (SSSR count). The van der Waals surface area contributed by atoms with Crippen LogP contribution in [0.4, 0.5) is 0 Å². The molecule has 2 aromatic heterocycles. The Balaban J connectivity index is 2.18. The van der Waals surface area contributed by atoms with Gasteiger partial charge in [0.15, 0.2) is 0 Å². The Morgan fingerprint density at radius 1 is 1.33 bits per heavy atom. The van der Waals surface area contributed by atoms with Crippen LogP contribution in [0.2, 0.25) is 0 Å². The Hall–Kier alpha value is -1.33. The van der Waals surface area contributed by atoms with Crippen molar-refractivity contribution < 1.29 is 0 Å². The SMILES string of the molecule is CCCNCc1sc(-c2ccncn2)nc1CC. The molecule has 2 aromatic rings. The lowest BCUT2D eigenvalue weighted by Gasteiger charge is -2.01. The van der Waals surface area contributed by atoms with Crippen molar-refractivity contribution in [2.75, 3.05) is 6.54 Å². The van der Waals surface area contributed by atoms with E-state index in [0.29, 0.717) is 0 Å². The van der Waals surface area contributed by atoms with Gasteiger partial charge in [-0.15, -0.1) is 11.3 Å². The largest absolute Gasteiger partial charge is 0.312 e. The van der Waals surface area contributed by atoms with Crippen LogP contribution in [0.3, 0.4) is 0 Å². The summed E-state index contributed by atoms with van der Waals surface area (Å²) in [6, 6.07) is 1.90. The molecule has 0 unspecified atom stereocenters. The molecule has 0 fully saturated rings. The monoisotopic (exact) mass is 262 g/mol. The Kier molecular flexibility index (Phi) is 4.78. The van der Waals surface area contributed by atoms with Crippen LogP contribution in [0.15, 0.2) is 18.6 Å². The zero-order valence-electron chi connectivity index (χ0n) is 10.8. The first-order chi connectivity index (χ1) is 8.85. The summed E-state index contributed by atoms with van der Waals surface area (Å²) in [6.07, 6.45) is 5.44. The summed E-state index contributed by atoms with van der Waals surface area (Å²) in [5, 5.41) is 4.42. The van der Waals surface area contributed by atoms with Gasteiger partial charge in [-0.05, 0) is 25.5 Å². The molecular formula is C13H18N4S. The predicted molar refractivity (Wildman–Crippen MR) is 74.5 cm³/mol. The van der Waals surface area contributed by atoms with Crippen molar-refractivity contribution in [3.63, 3.8) is 0 Å². The normalized spacial score (nSPS) is 10.8. The summed E-state index contributed by atoms with van der Waals surface area (Å²) in [4.78, 5) is 14.2. The second-order valence-corrected chi connectivity index (χ2v) is 5.10. The fourth-order valence-electron chi connectivity index (χ4n) is 1.70. The molecule has 0 amide bonds. The van der Waals surface area contributed by atoms with Crippen molar-refractivity contribution in [2.24, 2.45) is 0 Å². The van der Waals surface area contributed by atoms with E-state index in [1.807, 2.05) is 6.07 Å². The minimum absolute atomic E-state index is 0.903. The number of hydrogen-bond acceptors (Lipinski definition) is 5. The number of nitrogens with zero attached hydrogens (tertiary/aromatic N) is 3. The van der Waals surface area contributed by atoms with Crippen LogP contribution >= 0.6 is 11.3 Å². The number of hydrogen-bond donors (Lipinski definition) is 1. The Labute approximate surface area is 112 Å². The van der Waals surface area contributed by atoms with Crippen molar-refractivity contribution in [3.8, 4) is 10.7 Å². The molecule has 0 radical (unpaired) electrons. The van der Waals surface area contributed by atoms with Gasteiger partial charge >= 0.3 is 0 Å². The summed E-state index contributed by atoms with van der Waals surface area (Å²) in [7, 11) is 0. The van der Waals surface area contributed by atoms with E-state index < -0.39 is 0 Å². The van der Waals surface area contributed by atoms with E-state index in [9.17, 15) is 0 Å². The van der Waals surface area contributed by atoms with Crippen molar-refractivity contribution in [2.45, 2.75) is 33.2 Å². The minimum atomic E-state index is 0.903. The van der Waals surface area contributed by atoms with Gasteiger partial charge < -0.3 is 5.32 Å². The van der Waals surface area contributed by atoms with Crippen molar-refractivity contribution in [1.82, 2.24) is 20.3 Å². The minimum Gasteiger partial charge on any atom is -0.312 e. The molecule has 0 spiro atoms. The second kappa shape index (κ2) is 6.56. The summed E-state index contributed by atoms with van der Waals surface area (Å²) in [5.41, 5.74) is 2.09. The molecule has 0 bridgehead atoms. The van der Waals surface area contributed by atoms with Gasteiger partial charge in [0.25, 0.3) is 0 Å². The van der Waals surface area contributed by atoms with Crippen LogP contribution < -0.4 is 5.32 Å². The quantitative estimate of drug-likeness (QED) is 0.813. The maximum Gasteiger partial charge on any atom is 0.142 e. The maximum atomic E-state index is 4.67. The zero-order chi connectivity index (χ0) is 12.8. The summed E-state index contributed by atoms with van der Waals surface area (Å²) < 4.78 is 0. The molecule has 5 heteroatoms. The topological polar surface area (TPSA) is 50.7 Å². The first-order valence-electron chi connectivity index (χ1n) is 6.30. The standard InChI is InChI=1S/C13H18N4S/c1-3-6-14-8-12-10(4-2)17-13(18-12)11-5-7-15-9-16-11/h5,7,9,14H,3-4,6,8H2,1-2H3. The third-order valence-corrected chi connectivity index (χ3v) is 3.75. The van der Waals surface area contributed by atoms with E-state index in [0.717, 1.165) is 36.6 Å². The predicted octanol–water partition coefficient (Wildman–Crippen LogP) is 2.66. The fourth-order valence-corrected chi connectivity index (χ4v) is 2.80. The highest BCUT2D eigenvalue weighted by Crippen LogP contribution is 2.26. The lowest BCUT2D eigenvalue weighted by atomic mass is 10.3. The van der Waals surface area contributed by atoms with Gasteiger partial charge in [-0.1, -0.05) is 13.8 Å². The molecule has 18 heavy (non-hydrogen) atoms. The first-order valence-corrected chi connectivity index (χ1v) is 7.12. The number of aromatic nitrogens is 3. The fraction of sp³-hybridized carbons (Fsp3) is 0.462. The smallest absolute Gasteiger partial charge is 0.142 e. The number of nitrogens with one attached hydrogen (secondary N) is 1. The molecule has 0 aliphatic carbocycles. The van der Waals surface area contributed by atoms with Gasteiger partial charge in [-0.2, -0.15) is 0 Å². The van der Waals surface area contributed by atoms with Gasteiger partial charge in [0.05, 0.1) is 5.69 Å². The second-order valence-electron chi connectivity index (χ2n) is 4.01. The third kappa shape index (κ3) is 3.11. The number of rotatable bonds is 6. The van der Waals surface area contributed by atoms with E-state index in [2.05, 4.69) is 34.1 Å². The van der Waals surface area contributed by atoms with Crippen LogP contribution in [-0.2, 0) is 13.0 Å². The molecule has 4 nitrogen and oxygen atoms in total. The van der Waals surface area contributed by atoms with Crippen LogP contribution in [0.5, 0.6) is 0 Å². The molecule has 2 heterocycles. The highest BCUT2D eigenvalue weighted by molar-refractivity contribution is 7.15. The Bertz CT molecular complexity index is 481. The highest BCUT2D eigenvalue weighted by atomic mass is 32.1. The van der Waals surface area contributed by atoms with E-state index in [-0.39, 0.29) is 0 Å². The van der Waals surface area contributed by atoms with E-state index >= 15 is 0 Å². The summed E-state index contributed by atoms with van der Waals surface area (Å²) in [6.45, 7) is 6.26. The third-order valence-electron chi connectivity index (χ3n) is 2.63. The number of thiazole rings is 1. The van der Waals surface area contributed by atoms with Crippen LogP contribution in [-0.4, -0.2) is 21.5 Å². The van der Waals surface area contributed by atoms with Crippen molar-refractivity contribution in [1.29, 1.82) is 0 Å². The zero-order valence-corrected chi connectivity index (χ0v) is 11.6. The molecule has 0 aromatic carbocycles. The van der Waals surface area contributed by atoms with Gasteiger partial charge in [-0.3, -0.25) is 0 Å². The lowest BCUT2D eigenvalue weighted by Crippen LogP contribution is -2.13. The average molecular weight is 262 g/mol. The molecule has 0 aliphatic heterocycles. The lowest BCUT2D eigenvalue weighted by molar-refractivity contribution is 0.677. The van der Waals surface area contributed by atoms with Gasteiger partial charge in [0.2, 0.25) is 0 Å². The molecular weight excluding hydrogens is 244 g/mol. The van der Waals surface area contributed by atoms with E-state index in [1.54, 1.807) is 23.9 Å². The van der Waals surface area contributed by atoms with E-state index in [4.69, 9.17) is 0 Å². The van der Waals surface area contributed by atoms with Crippen molar-refractivity contribution in [3.05, 3.63) is 29.2 Å². The first kappa shape index (κ1) is 13.1.